The van der Waals surface area contributed by atoms with Crippen molar-refractivity contribution in [2.45, 2.75) is 26.3 Å². The molecule has 0 amide bonds. The molecule has 0 saturated carbocycles. The lowest BCUT2D eigenvalue weighted by molar-refractivity contribution is -0.136. The minimum Gasteiger partial charge on any atom is -0.481 e. The van der Waals surface area contributed by atoms with E-state index >= 15 is 0 Å². The Hall–Kier alpha value is -3.07. The van der Waals surface area contributed by atoms with Gasteiger partial charge in [-0.3, -0.25) is 4.79 Å². The number of rotatable bonds is 5. The number of piperazine rings is 1. The maximum absolute atomic E-state index is 11.7. The summed E-state index contributed by atoms with van der Waals surface area (Å²) in [7, 11) is 2.14. The largest absolute Gasteiger partial charge is 0.481 e. The van der Waals surface area contributed by atoms with Crippen LogP contribution in [0, 0.1) is 6.92 Å². The zero-order chi connectivity index (χ0) is 24.7. The topological polar surface area (TPSA) is 82.5 Å². The molecular formula is C26H26ClN5O2S. The molecule has 1 saturated heterocycles. The molecule has 1 aliphatic heterocycles. The van der Waals surface area contributed by atoms with E-state index in [0.29, 0.717) is 17.0 Å². The number of likely N-dealkylation sites (N-methyl/N-ethyl adjacent to an activating group) is 1. The summed E-state index contributed by atoms with van der Waals surface area (Å²) in [5.74, 6) is -0.156. The van der Waals surface area contributed by atoms with Gasteiger partial charge in [-0.2, -0.15) is 0 Å². The Balaban J connectivity index is 1.61. The maximum atomic E-state index is 11.7. The second-order valence-electron chi connectivity index (χ2n) is 9.01. The van der Waals surface area contributed by atoms with Gasteiger partial charge in [0.1, 0.15) is 10.7 Å². The van der Waals surface area contributed by atoms with Gasteiger partial charge in [0.2, 0.25) is 5.95 Å². The number of carboxylic acids is 1. The summed E-state index contributed by atoms with van der Waals surface area (Å²) in [6, 6.07) is 11.8. The molecule has 5 rings (SSSR count). The number of halogens is 1. The molecule has 7 nitrogen and oxygen atoms in total. The molecule has 1 aliphatic rings. The number of carboxylic acid groups (broad SMARTS) is 1. The van der Waals surface area contributed by atoms with Crippen molar-refractivity contribution >= 4 is 45.1 Å². The highest BCUT2D eigenvalue weighted by molar-refractivity contribution is 7.22. The number of aromatic nitrogens is 3. The number of anilines is 1. The van der Waals surface area contributed by atoms with E-state index in [0.717, 1.165) is 62.8 Å². The monoisotopic (exact) mass is 507 g/mol. The molecule has 1 N–H and O–H groups in total. The molecule has 0 bridgehead atoms. The van der Waals surface area contributed by atoms with Gasteiger partial charge in [0, 0.05) is 42.5 Å². The Labute approximate surface area is 213 Å². The number of thiazole rings is 1. The third kappa shape index (κ3) is 4.74. The minimum absolute atomic E-state index is 0.0633. The van der Waals surface area contributed by atoms with Crippen LogP contribution in [0.15, 0.2) is 42.6 Å². The van der Waals surface area contributed by atoms with Gasteiger partial charge in [0.25, 0.3) is 0 Å². The third-order valence-electron chi connectivity index (χ3n) is 6.58. The summed E-state index contributed by atoms with van der Waals surface area (Å²) >= 11 is 7.66. The summed E-state index contributed by atoms with van der Waals surface area (Å²) in [6.07, 6.45) is 1.72. The van der Waals surface area contributed by atoms with Gasteiger partial charge >= 0.3 is 5.97 Å². The van der Waals surface area contributed by atoms with Crippen LogP contribution in [0.2, 0.25) is 5.02 Å². The van der Waals surface area contributed by atoms with E-state index in [9.17, 15) is 9.90 Å². The van der Waals surface area contributed by atoms with E-state index in [-0.39, 0.29) is 6.42 Å². The first kappa shape index (κ1) is 23.7. The first-order valence-corrected chi connectivity index (χ1v) is 12.7. The molecule has 0 spiro atoms. The Kier molecular flexibility index (Phi) is 6.44. The average Bonchev–Trinajstić information content (AvgIpc) is 3.25. The van der Waals surface area contributed by atoms with Crippen LogP contribution in [-0.4, -0.2) is 63.7 Å². The molecule has 9 heteroatoms. The Bertz CT molecular complexity index is 1410. The van der Waals surface area contributed by atoms with Crippen LogP contribution < -0.4 is 4.90 Å². The quantitative estimate of drug-likeness (QED) is 0.400. The fraction of sp³-hybridized carbons (Fsp3) is 0.308. The van der Waals surface area contributed by atoms with Crippen LogP contribution in [0.5, 0.6) is 0 Å². The number of carbonyl (C=O) groups is 1. The van der Waals surface area contributed by atoms with Crippen molar-refractivity contribution in [3.05, 3.63) is 58.7 Å². The number of aliphatic carboxylic acids is 1. The van der Waals surface area contributed by atoms with E-state index in [1.807, 2.05) is 43.3 Å². The summed E-state index contributed by atoms with van der Waals surface area (Å²) < 4.78 is 0.942. The maximum Gasteiger partial charge on any atom is 0.307 e. The highest BCUT2D eigenvalue weighted by atomic mass is 35.5. The van der Waals surface area contributed by atoms with Crippen molar-refractivity contribution in [1.29, 1.82) is 0 Å². The number of nitrogens with zero attached hydrogens (tertiary/aromatic N) is 5. The lowest BCUT2D eigenvalue weighted by Gasteiger charge is -2.37. The molecule has 0 aliphatic carbocycles. The van der Waals surface area contributed by atoms with Gasteiger partial charge in [0.05, 0.1) is 16.6 Å². The molecule has 180 valence electrons. The third-order valence-corrected chi connectivity index (χ3v) is 7.94. The van der Waals surface area contributed by atoms with Crippen LogP contribution in [0.4, 0.5) is 5.95 Å². The highest BCUT2D eigenvalue weighted by Crippen LogP contribution is 2.40. The van der Waals surface area contributed by atoms with Crippen molar-refractivity contribution in [3.8, 4) is 21.8 Å². The smallest absolute Gasteiger partial charge is 0.307 e. The van der Waals surface area contributed by atoms with Crippen molar-refractivity contribution in [3.63, 3.8) is 0 Å². The Morgan fingerprint density at radius 1 is 1.20 bits per heavy atom. The first-order valence-electron chi connectivity index (χ1n) is 11.5. The van der Waals surface area contributed by atoms with Crippen LogP contribution >= 0.6 is 22.9 Å². The van der Waals surface area contributed by atoms with Gasteiger partial charge < -0.3 is 14.9 Å². The fourth-order valence-corrected chi connectivity index (χ4v) is 5.73. The van der Waals surface area contributed by atoms with Gasteiger partial charge in [0.15, 0.2) is 0 Å². The molecule has 4 aromatic rings. The average molecular weight is 508 g/mol. The SMILES string of the molecule is Cc1cc2nc(-c3ccnc(N4CCN(C)C(C)C4)n3)sc2c(-c2ccc(Cl)cc2)c1CC(=O)O. The number of aryl methyl sites for hydroxylation is 1. The Morgan fingerprint density at radius 2 is 1.97 bits per heavy atom. The minimum atomic E-state index is -0.866. The number of hydrogen-bond acceptors (Lipinski definition) is 7. The summed E-state index contributed by atoms with van der Waals surface area (Å²) in [6.45, 7) is 6.86. The van der Waals surface area contributed by atoms with Crippen LogP contribution in [0.3, 0.4) is 0 Å². The van der Waals surface area contributed by atoms with Crippen LogP contribution in [0.1, 0.15) is 18.1 Å². The summed E-state index contributed by atoms with van der Waals surface area (Å²) in [4.78, 5) is 30.6. The first-order chi connectivity index (χ1) is 16.8. The van der Waals surface area contributed by atoms with Crippen molar-refractivity contribution in [2.75, 3.05) is 31.6 Å². The molecule has 1 fully saturated rings. The predicted octanol–water partition coefficient (Wildman–Crippen LogP) is 5.15. The van der Waals surface area contributed by atoms with Gasteiger partial charge in [-0.15, -0.1) is 11.3 Å². The van der Waals surface area contributed by atoms with E-state index in [1.165, 1.54) is 11.3 Å². The normalized spacial score (nSPS) is 16.7. The zero-order valence-corrected chi connectivity index (χ0v) is 21.4. The van der Waals surface area contributed by atoms with Crippen LogP contribution in [0.25, 0.3) is 32.0 Å². The molecule has 0 radical (unpaired) electrons. The molecular weight excluding hydrogens is 482 g/mol. The molecule has 1 unspecified atom stereocenters. The lowest BCUT2D eigenvalue weighted by atomic mass is 9.93. The number of hydrogen-bond donors (Lipinski definition) is 1. The fourth-order valence-electron chi connectivity index (χ4n) is 4.50. The molecule has 2 aromatic carbocycles. The van der Waals surface area contributed by atoms with E-state index in [4.69, 9.17) is 21.6 Å². The van der Waals surface area contributed by atoms with E-state index < -0.39 is 5.97 Å². The Morgan fingerprint density at radius 3 is 2.69 bits per heavy atom. The van der Waals surface area contributed by atoms with Crippen LogP contribution in [-0.2, 0) is 11.2 Å². The summed E-state index contributed by atoms with van der Waals surface area (Å²) in [5.41, 5.74) is 5.10. The second kappa shape index (κ2) is 9.53. The van der Waals surface area contributed by atoms with Gasteiger partial charge in [-0.1, -0.05) is 23.7 Å². The summed E-state index contributed by atoms with van der Waals surface area (Å²) in [5, 5.41) is 11.0. The van der Waals surface area contributed by atoms with Gasteiger partial charge in [-0.05, 0) is 61.9 Å². The van der Waals surface area contributed by atoms with Gasteiger partial charge in [-0.25, -0.2) is 15.0 Å². The molecule has 1 atom stereocenters. The molecule has 3 heterocycles. The zero-order valence-electron chi connectivity index (χ0n) is 19.8. The lowest BCUT2D eigenvalue weighted by Crippen LogP contribution is -2.50. The second-order valence-corrected chi connectivity index (χ2v) is 10.4. The van der Waals surface area contributed by atoms with Crippen molar-refractivity contribution < 1.29 is 9.90 Å². The number of fused-ring (bicyclic) bond motifs is 1. The predicted molar refractivity (Wildman–Crippen MR) is 141 cm³/mol. The molecule has 2 aromatic heterocycles. The van der Waals surface area contributed by atoms with E-state index in [2.05, 4.69) is 28.8 Å². The highest BCUT2D eigenvalue weighted by Gasteiger charge is 2.24. The standard InChI is InChI=1S/C26H26ClN5O2S/c1-15-12-21-24(23(19(15)13-22(33)34)17-4-6-18(27)7-5-17)35-25(29-21)20-8-9-28-26(30-20)32-11-10-31(3)16(2)14-32/h4-9,12,16H,10-11,13-14H2,1-3H3,(H,33,34). The van der Waals surface area contributed by atoms with Crippen molar-refractivity contribution in [1.82, 2.24) is 19.9 Å². The number of benzene rings is 2. The van der Waals surface area contributed by atoms with E-state index in [1.54, 1.807) is 6.20 Å². The van der Waals surface area contributed by atoms with Crippen molar-refractivity contribution in [2.24, 2.45) is 0 Å². The molecule has 35 heavy (non-hydrogen) atoms.